The molecule has 3 unspecified atom stereocenters. The van der Waals surface area contributed by atoms with Crippen molar-refractivity contribution in [3.63, 3.8) is 0 Å². The first kappa shape index (κ1) is 15.1. The van der Waals surface area contributed by atoms with Gasteiger partial charge in [0.05, 0.1) is 12.2 Å². The molecule has 3 saturated carbocycles. The van der Waals surface area contributed by atoms with Crippen molar-refractivity contribution in [1.82, 2.24) is 0 Å². The third kappa shape index (κ3) is 1.78. The van der Waals surface area contributed by atoms with Gasteiger partial charge in [-0.1, -0.05) is 19.9 Å². The number of alkyl halides is 1. The fourth-order valence-corrected chi connectivity index (χ4v) is 6.73. The maximum absolute atomic E-state index is 14.2. The number of aliphatic hydroxyl groups excluding tert-OH is 2. The summed E-state index contributed by atoms with van der Waals surface area (Å²) in [6.07, 6.45) is 6.80. The van der Waals surface area contributed by atoms with Crippen LogP contribution in [0.1, 0.15) is 58.8 Å². The monoisotopic (exact) mass is 308 g/mol. The van der Waals surface area contributed by atoms with E-state index in [1.165, 1.54) is 5.57 Å². The van der Waals surface area contributed by atoms with Gasteiger partial charge in [0, 0.05) is 0 Å². The Hall–Kier alpha value is -0.410. The van der Waals surface area contributed by atoms with Crippen LogP contribution in [0.2, 0.25) is 0 Å². The number of allylic oxidation sites excluding steroid dienone is 1. The summed E-state index contributed by atoms with van der Waals surface area (Å²) in [5.74, 6) is 1.33. The van der Waals surface area contributed by atoms with Crippen molar-refractivity contribution in [2.75, 3.05) is 0 Å². The van der Waals surface area contributed by atoms with E-state index < -0.39 is 12.3 Å². The van der Waals surface area contributed by atoms with Crippen LogP contribution in [0, 0.1) is 28.6 Å². The van der Waals surface area contributed by atoms with E-state index in [-0.39, 0.29) is 16.9 Å². The van der Waals surface area contributed by atoms with Crippen molar-refractivity contribution < 1.29 is 14.6 Å². The first-order valence-corrected chi connectivity index (χ1v) is 9.08. The van der Waals surface area contributed by atoms with Gasteiger partial charge in [0.2, 0.25) is 0 Å². The fraction of sp³-hybridized carbons (Fsp3) is 0.895. The highest BCUT2D eigenvalue weighted by Gasteiger charge is 2.61. The van der Waals surface area contributed by atoms with E-state index in [9.17, 15) is 14.6 Å². The van der Waals surface area contributed by atoms with Crippen LogP contribution < -0.4 is 0 Å². The molecule has 124 valence electrons. The molecule has 0 heterocycles. The average molecular weight is 308 g/mol. The number of aliphatic hydroxyl groups is 2. The molecule has 0 aromatic carbocycles. The largest absolute Gasteiger partial charge is 0.390 e. The van der Waals surface area contributed by atoms with Gasteiger partial charge in [-0.25, -0.2) is 4.39 Å². The van der Waals surface area contributed by atoms with Gasteiger partial charge < -0.3 is 10.2 Å². The Bertz CT molecular complexity index is 504. The van der Waals surface area contributed by atoms with Gasteiger partial charge in [0.1, 0.15) is 6.17 Å². The van der Waals surface area contributed by atoms with Crippen LogP contribution in [0.4, 0.5) is 4.39 Å². The van der Waals surface area contributed by atoms with Crippen LogP contribution in [0.15, 0.2) is 11.6 Å². The minimum absolute atomic E-state index is 0.0985. The predicted octanol–water partition coefficient (Wildman–Crippen LogP) is 3.62. The first-order chi connectivity index (χ1) is 10.4. The van der Waals surface area contributed by atoms with Crippen molar-refractivity contribution in [2.24, 2.45) is 28.6 Å². The highest BCUT2D eigenvalue weighted by molar-refractivity contribution is 5.27. The lowest BCUT2D eigenvalue weighted by Gasteiger charge is -2.57. The Morgan fingerprint density at radius 1 is 1.14 bits per heavy atom. The second-order valence-electron chi connectivity index (χ2n) is 8.84. The number of rotatable bonds is 0. The van der Waals surface area contributed by atoms with Gasteiger partial charge in [0.15, 0.2) is 0 Å². The number of hydrogen-bond acceptors (Lipinski definition) is 2. The molecule has 0 aliphatic heterocycles. The summed E-state index contributed by atoms with van der Waals surface area (Å²) in [4.78, 5) is 0. The smallest absolute Gasteiger partial charge is 0.127 e. The summed E-state index contributed by atoms with van der Waals surface area (Å²) >= 11 is 0. The maximum Gasteiger partial charge on any atom is 0.127 e. The molecule has 3 heteroatoms. The lowest BCUT2D eigenvalue weighted by Crippen LogP contribution is -2.52. The summed E-state index contributed by atoms with van der Waals surface area (Å²) in [6.45, 7) is 4.44. The van der Waals surface area contributed by atoms with E-state index in [0.29, 0.717) is 24.2 Å². The molecule has 4 aliphatic carbocycles. The number of halogens is 1. The highest BCUT2D eigenvalue weighted by atomic mass is 19.1. The summed E-state index contributed by atoms with van der Waals surface area (Å²) < 4.78 is 14.2. The molecule has 0 amide bonds. The fourth-order valence-electron chi connectivity index (χ4n) is 6.73. The minimum Gasteiger partial charge on any atom is -0.390 e. The van der Waals surface area contributed by atoms with Crippen LogP contribution in [-0.2, 0) is 0 Å². The Labute approximate surface area is 132 Å². The molecule has 0 bridgehead atoms. The summed E-state index contributed by atoms with van der Waals surface area (Å²) in [5, 5.41) is 20.8. The van der Waals surface area contributed by atoms with Crippen LogP contribution >= 0.6 is 0 Å². The SMILES string of the molecule is C[C@]12CCCC(O)C1=CC[C@@H]1[C@H]2CC[C@]2(C)C(O)C(F)C[C@@H]12. The van der Waals surface area contributed by atoms with E-state index in [1.807, 2.05) is 0 Å². The minimum atomic E-state index is -1.05. The molecule has 22 heavy (non-hydrogen) atoms. The number of hydrogen-bond donors (Lipinski definition) is 2. The highest BCUT2D eigenvalue weighted by Crippen LogP contribution is 2.65. The molecule has 3 fully saturated rings. The topological polar surface area (TPSA) is 40.5 Å². The van der Waals surface area contributed by atoms with Crippen LogP contribution in [-0.4, -0.2) is 28.6 Å². The zero-order chi connectivity index (χ0) is 15.7. The quantitative estimate of drug-likeness (QED) is 0.671. The van der Waals surface area contributed by atoms with E-state index >= 15 is 0 Å². The van der Waals surface area contributed by atoms with Crippen LogP contribution in [0.25, 0.3) is 0 Å². The van der Waals surface area contributed by atoms with E-state index in [0.717, 1.165) is 38.5 Å². The van der Waals surface area contributed by atoms with Gasteiger partial charge in [-0.15, -0.1) is 0 Å². The van der Waals surface area contributed by atoms with Gasteiger partial charge in [-0.2, -0.15) is 0 Å². The Balaban J connectivity index is 1.71. The first-order valence-electron chi connectivity index (χ1n) is 9.08. The van der Waals surface area contributed by atoms with Gasteiger partial charge in [-0.3, -0.25) is 0 Å². The summed E-state index contributed by atoms with van der Waals surface area (Å²) in [6, 6.07) is 0. The predicted molar refractivity (Wildman–Crippen MR) is 84.0 cm³/mol. The molecule has 8 atom stereocenters. The molecule has 4 rings (SSSR count). The van der Waals surface area contributed by atoms with E-state index in [4.69, 9.17) is 0 Å². The average Bonchev–Trinajstić information content (AvgIpc) is 2.71. The Kier molecular flexibility index (Phi) is 3.30. The summed E-state index contributed by atoms with van der Waals surface area (Å²) in [7, 11) is 0. The van der Waals surface area contributed by atoms with Gasteiger partial charge >= 0.3 is 0 Å². The maximum atomic E-state index is 14.2. The van der Waals surface area contributed by atoms with Gasteiger partial charge in [0.25, 0.3) is 0 Å². The standard InChI is InChI=1S/C19H29FO2/c1-18-8-3-4-16(21)13(18)6-5-11-12(18)7-9-19(2)14(11)10-15(20)17(19)22/h6,11-12,14-17,21-22H,3-5,7-10H2,1-2H3/t11-,12-,14+,15?,16?,17?,18-,19+/m1/s1. The molecule has 4 aliphatic rings. The normalized spacial score (nSPS) is 57.6. The van der Waals surface area contributed by atoms with Crippen molar-refractivity contribution in [3.05, 3.63) is 11.6 Å². The second-order valence-corrected chi connectivity index (χ2v) is 8.84. The number of fused-ring (bicyclic) bond motifs is 5. The third-order valence-corrected chi connectivity index (χ3v) is 7.99. The second kappa shape index (κ2) is 4.80. The van der Waals surface area contributed by atoms with Crippen LogP contribution in [0.5, 0.6) is 0 Å². The van der Waals surface area contributed by atoms with Crippen LogP contribution in [0.3, 0.4) is 0 Å². The third-order valence-electron chi connectivity index (χ3n) is 7.99. The van der Waals surface area contributed by atoms with E-state index in [2.05, 4.69) is 19.9 Å². The van der Waals surface area contributed by atoms with Crippen molar-refractivity contribution in [3.8, 4) is 0 Å². The molecule has 0 spiro atoms. The molecule has 2 nitrogen and oxygen atoms in total. The lowest BCUT2D eigenvalue weighted by atomic mass is 9.48. The van der Waals surface area contributed by atoms with Crippen molar-refractivity contribution in [2.45, 2.75) is 77.2 Å². The van der Waals surface area contributed by atoms with Crippen molar-refractivity contribution >= 4 is 0 Å². The zero-order valence-electron chi connectivity index (χ0n) is 13.8. The Morgan fingerprint density at radius 3 is 2.68 bits per heavy atom. The van der Waals surface area contributed by atoms with Crippen molar-refractivity contribution in [1.29, 1.82) is 0 Å². The van der Waals surface area contributed by atoms with E-state index in [1.54, 1.807) is 0 Å². The molecule has 0 radical (unpaired) electrons. The molecular weight excluding hydrogens is 279 g/mol. The lowest BCUT2D eigenvalue weighted by molar-refractivity contribution is -0.0776. The molecule has 0 aromatic heterocycles. The zero-order valence-corrected chi connectivity index (χ0v) is 13.8. The molecule has 0 aromatic rings. The van der Waals surface area contributed by atoms with Gasteiger partial charge in [-0.05, 0) is 79.1 Å². The molecular formula is C19H29FO2. The molecule has 0 saturated heterocycles. The Morgan fingerprint density at radius 2 is 1.91 bits per heavy atom. The molecule has 2 N–H and O–H groups in total. The summed E-state index contributed by atoms with van der Waals surface area (Å²) in [5.41, 5.74) is 1.12.